The lowest BCUT2D eigenvalue weighted by Crippen LogP contribution is -2.60. The van der Waals surface area contributed by atoms with E-state index in [1.165, 1.54) is 13.0 Å². The van der Waals surface area contributed by atoms with E-state index in [1.54, 1.807) is 25.1 Å². The Labute approximate surface area is 281 Å². The van der Waals surface area contributed by atoms with Crippen LogP contribution in [0.4, 0.5) is 10.1 Å². The zero-order chi connectivity index (χ0) is 33.7. The van der Waals surface area contributed by atoms with Crippen molar-refractivity contribution in [1.82, 2.24) is 9.62 Å². The van der Waals surface area contributed by atoms with Crippen LogP contribution in [0.2, 0.25) is 5.02 Å². The number of ether oxygens (including phenoxy) is 1. The molecule has 2 aromatic rings. The average molecular weight is 710 g/mol. The second kappa shape index (κ2) is 13.0. The molecule has 0 unspecified atom stereocenters. The highest BCUT2D eigenvalue weighted by atomic mass is 35.5. The highest BCUT2D eigenvalue weighted by molar-refractivity contribution is 7.90. The van der Waals surface area contributed by atoms with Crippen molar-refractivity contribution in [3.63, 3.8) is 0 Å². The highest BCUT2D eigenvalue weighted by Crippen LogP contribution is 2.45. The van der Waals surface area contributed by atoms with Crippen LogP contribution in [0.1, 0.15) is 61.0 Å². The van der Waals surface area contributed by atoms with E-state index >= 15 is 4.39 Å². The van der Waals surface area contributed by atoms with Crippen molar-refractivity contribution in [3.05, 3.63) is 70.0 Å². The molecular weight excluding hydrogens is 669 g/mol. The number of hydrogen-bond acceptors (Lipinski definition) is 9. The quantitative estimate of drug-likeness (QED) is 0.457. The second-order valence-corrected chi connectivity index (χ2v) is 17.6. The molecule has 256 valence electrons. The van der Waals surface area contributed by atoms with Crippen LogP contribution in [0.25, 0.3) is 0 Å². The van der Waals surface area contributed by atoms with E-state index < -0.39 is 61.1 Å². The smallest absolute Gasteiger partial charge is 0.264 e. The van der Waals surface area contributed by atoms with Crippen molar-refractivity contribution in [2.24, 2.45) is 5.92 Å². The Bertz CT molecular complexity index is 1800. The van der Waals surface area contributed by atoms with Gasteiger partial charge in [0.2, 0.25) is 10.0 Å². The third-order valence-corrected chi connectivity index (χ3v) is 13.0. The molecule has 1 fully saturated rings. The van der Waals surface area contributed by atoms with Crippen molar-refractivity contribution >= 4 is 43.3 Å². The zero-order valence-electron chi connectivity index (χ0n) is 26.7. The Kier molecular flexibility index (Phi) is 9.42. The Morgan fingerprint density at radius 2 is 1.98 bits per heavy atom. The molecule has 3 aliphatic heterocycles. The number of carbonyl (C=O) groups excluding carboxylic acids is 1. The Balaban J connectivity index is 1.44. The van der Waals surface area contributed by atoms with Gasteiger partial charge in [0.1, 0.15) is 11.6 Å². The fraction of sp³-hybridized carbons (Fsp3) is 0.545. The minimum Gasteiger partial charge on any atom is -0.490 e. The van der Waals surface area contributed by atoms with Crippen molar-refractivity contribution < 1.29 is 34.9 Å². The first-order valence-electron chi connectivity index (χ1n) is 16.0. The number of nitrogens with one attached hydrogen (secondary N) is 1. The summed E-state index contributed by atoms with van der Waals surface area (Å²) in [4.78, 5) is 17.5. The summed E-state index contributed by atoms with van der Waals surface area (Å²) >= 11 is 6.38. The molecular formula is C33H41ClFN3O7S2. The number of rotatable bonds is 3. The molecule has 0 saturated carbocycles. The summed E-state index contributed by atoms with van der Waals surface area (Å²) in [7, 11) is -7.98. The van der Waals surface area contributed by atoms with E-state index in [9.17, 15) is 21.6 Å². The van der Waals surface area contributed by atoms with Crippen LogP contribution in [0.15, 0.2) is 48.3 Å². The number of benzene rings is 2. The van der Waals surface area contributed by atoms with Crippen molar-refractivity contribution in [2.45, 2.75) is 68.7 Å². The standard InChI is InChI=1S/C33H41ClFN3O7S2/c1-21-6-10-28(35)30(18-45-46(3,40)41)38-14-12-26(38)17-37-19-33(13-4-5-23-15-25(34)8-9-27(23)33)20-44-31-11-7-24(16-29(31)37)32(39)36-47(42,43)22(21)2/h7-11,15-16,21-22,26,30H,4-6,12-14,17-20H2,1-3H3,(H,36,39)/b28-10-/t21-,22+,26-,30-,33-/m0/s1. The molecule has 1 aliphatic carbocycles. The molecule has 0 radical (unpaired) electrons. The molecule has 1 spiro atoms. The monoisotopic (exact) mass is 709 g/mol. The van der Waals surface area contributed by atoms with Crippen molar-refractivity contribution in [3.8, 4) is 5.75 Å². The minimum atomic E-state index is -4.13. The number of sulfonamides is 1. The number of allylic oxidation sites excluding steroid dienone is 1. The van der Waals surface area contributed by atoms with Gasteiger partial charge in [-0.25, -0.2) is 17.5 Å². The molecule has 1 N–H and O–H groups in total. The van der Waals surface area contributed by atoms with Gasteiger partial charge < -0.3 is 9.64 Å². The van der Waals surface area contributed by atoms with Crippen LogP contribution in [0.3, 0.4) is 0 Å². The number of aryl methyl sites for hydroxylation is 1. The summed E-state index contributed by atoms with van der Waals surface area (Å²) in [5.74, 6) is -1.33. The van der Waals surface area contributed by atoms with Crippen LogP contribution in [0.5, 0.6) is 5.75 Å². The average Bonchev–Trinajstić information content (AvgIpc) is 3.15. The number of nitrogens with zero attached hydrogens (tertiary/aromatic N) is 2. The lowest BCUT2D eigenvalue weighted by molar-refractivity contribution is 0.0296. The number of carbonyl (C=O) groups is 1. The summed E-state index contributed by atoms with van der Waals surface area (Å²) < 4.78 is 80.4. The summed E-state index contributed by atoms with van der Waals surface area (Å²) in [6.45, 7) is 4.61. The van der Waals surface area contributed by atoms with Gasteiger partial charge in [-0.1, -0.05) is 30.7 Å². The third kappa shape index (κ3) is 7.05. The molecule has 10 nitrogen and oxygen atoms in total. The number of anilines is 1. The molecule has 14 heteroatoms. The topological polar surface area (TPSA) is 122 Å². The number of amides is 1. The minimum absolute atomic E-state index is 0.0598. The van der Waals surface area contributed by atoms with Crippen LogP contribution in [-0.4, -0.2) is 84.1 Å². The molecule has 2 bridgehead atoms. The predicted octanol–water partition coefficient (Wildman–Crippen LogP) is 4.57. The fourth-order valence-corrected chi connectivity index (χ4v) is 9.17. The first kappa shape index (κ1) is 34.2. The molecule has 2 aromatic carbocycles. The number of fused-ring (bicyclic) bond motifs is 4. The Hall–Kier alpha value is -2.71. The van der Waals surface area contributed by atoms with Gasteiger partial charge in [-0.15, -0.1) is 0 Å². The molecule has 4 aliphatic rings. The van der Waals surface area contributed by atoms with Crippen molar-refractivity contribution in [2.75, 3.05) is 44.0 Å². The maximum atomic E-state index is 16.0. The largest absolute Gasteiger partial charge is 0.490 e. The lowest BCUT2D eigenvalue weighted by Gasteiger charge is -2.48. The van der Waals surface area contributed by atoms with Crippen LogP contribution >= 0.6 is 11.6 Å². The van der Waals surface area contributed by atoms with E-state index in [2.05, 4.69) is 15.7 Å². The predicted molar refractivity (Wildman–Crippen MR) is 179 cm³/mol. The summed E-state index contributed by atoms with van der Waals surface area (Å²) in [6.07, 6.45) is 5.72. The van der Waals surface area contributed by atoms with Gasteiger partial charge in [-0.05, 0) is 86.4 Å². The van der Waals surface area contributed by atoms with Crippen LogP contribution in [-0.2, 0) is 36.2 Å². The maximum absolute atomic E-state index is 16.0. The van der Waals surface area contributed by atoms with Gasteiger partial charge in [0, 0.05) is 41.7 Å². The number of halogens is 2. The first-order valence-corrected chi connectivity index (χ1v) is 19.7. The molecule has 5 atom stereocenters. The summed E-state index contributed by atoms with van der Waals surface area (Å²) in [5.41, 5.74) is 2.72. The van der Waals surface area contributed by atoms with Crippen LogP contribution < -0.4 is 14.4 Å². The molecule has 3 heterocycles. The fourth-order valence-electron chi connectivity index (χ4n) is 7.31. The van der Waals surface area contributed by atoms with Crippen molar-refractivity contribution in [1.29, 1.82) is 0 Å². The lowest BCUT2D eigenvalue weighted by atomic mass is 9.70. The zero-order valence-corrected chi connectivity index (χ0v) is 29.1. The van der Waals surface area contributed by atoms with Gasteiger partial charge in [0.05, 0.1) is 36.4 Å². The Morgan fingerprint density at radius 3 is 2.70 bits per heavy atom. The molecule has 1 amide bonds. The molecule has 6 rings (SSSR count). The SMILES string of the molecule is C[C@@H]1[C@@H](C)C/C=C(\F)[C@H](COS(C)(=O)=O)N2CC[C@H]2CN2C[C@@]3(CCCc4cc(Cl)ccc43)COc3ccc(cc32)C(=O)NS1(=O)=O. The summed E-state index contributed by atoms with van der Waals surface area (Å²) in [5, 5.41) is -0.355. The van der Waals surface area contributed by atoms with E-state index in [-0.39, 0.29) is 18.0 Å². The third-order valence-electron chi connectivity index (χ3n) is 10.3. The van der Waals surface area contributed by atoms with Gasteiger partial charge in [-0.3, -0.25) is 13.9 Å². The molecule has 47 heavy (non-hydrogen) atoms. The van der Waals surface area contributed by atoms with Gasteiger partial charge in [-0.2, -0.15) is 8.42 Å². The van der Waals surface area contributed by atoms with E-state index in [1.807, 2.05) is 17.0 Å². The maximum Gasteiger partial charge on any atom is 0.264 e. The number of hydrogen-bond donors (Lipinski definition) is 1. The van der Waals surface area contributed by atoms with E-state index in [0.29, 0.717) is 42.7 Å². The van der Waals surface area contributed by atoms with E-state index in [4.69, 9.17) is 20.5 Å². The molecule has 0 aromatic heterocycles. The summed E-state index contributed by atoms with van der Waals surface area (Å²) in [6, 6.07) is 9.75. The van der Waals surface area contributed by atoms with E-state index in [0.717, 1.165) is 43.1 Å². The van der Waals surface area contributed by atoms with Gasteiger partial charge >= 0.3 is 0 Å². The normalized spacial score (nSPS) is 30.9. The first-order chi connectivity index (χ1) is 22.2. The Morgan fingerprint density at radius 1 is 1.19 bits per heavy atom. The molecule has 1 saturated heterocycles. The highest BCUT2D eigenvalue weighted by Gasteiger charge is 2.44. The second-order valence-electron chi connectivity index (χ2n) is 13.5. The van der Waals surface area contributed by atoms with Crippen LogP contribution in [0, 0.1) is 5.92 Å². The van der Waals surface area contributed by atoms with Gasteiger partial charge in [0.25, 0.3) is 16.0 Å². The van der Waals surface area contributed by atoms with Gasteiger partial charge in [0.15, 0.2) is 0 Å².